The van der Waals surface area contributed by atoms with Crippen LogP contribution >= 0.6 is 11.6 Å². The Hall–Kier alpha value is -3.68. The molecule has 8 heteroatoms. The summed E-state index contributed by atoms with van der Waals surface area (Å²) < 4.78 is 19.9. The fraction of sp³-hybridized carbons (Fsp3) is 0.241. The predicted octanol–water partition coefficient (Wildman–Crippen LogP) is 6.02. The van der Waals surface area contributed by atoms with Crippen LogP contribution in [0, 0.1) is 17.7 Å². The van der Waals surface area contributed by atoms with Gasteiger partial charge < -0.3 is 20.8 Å². The molecule has 0 radical (unpaired) electrons. The quantitative estimate of drug-likeness (QED) is 0.278. The molecule has 190 valence electrons. The Balaban J connectivity index is 1.33. The summed E-state index contributed by atoms with van der Waals surface area (Å²) in [4.78, 5) is 26.3. The second kappa shape index (κ2) is 10.7. The number of hydrogen-bond acceptors (Lipinski definition) is 4. The molecule has 5 rings (SSSR count). The summed E-state index contributed by atoms with van der Waals surface area (Å²) in [6, 6.07) is 18.1. The van der Waals surface area contributed by atoms with Gasteiger partial charge in [0.1, 0.15) is 11.4 Å². The number of carbonyl (C=O) groups excluding carboxylic acids is 2. The molecule has 0 unspecified atom stereocenters. The van der Waals surface area contributed by atoms with E-state index in [1.54, 1.807) is 18.4 Å². The average molecular weight is 520 g/mol. The molecule has 1 fully saturated rings. The summed E-state index contributed by atoms with van der Waals surface area (Å²) in [7, 11) is 0. The number of amides is 2. The zero-order valence-corrected chi connectivity index (χ0v) is 20.9. The normalized spacial score (nSPS) is 17.2. The van der Waals surface area contributed by atoms with E-state index < -0.39 is 17.7 Å². The number of anilines is 1. The van der Waals surface area contributed by atoms with Crippen molar-refractivity contribution in [2.24, 2.45) is 17.6 Å². The third-order valence-electron chi connectivity index (χ3n) is 6.97. The van der Waals surface area contributed by atoms with Gasteiger partial charge in [-0.05, 0) is 54.3 Å². The monoisotopic (exact) mass is 519 g/mol. The summed E-state index contributed by atoms with van der Waals surface area (Å²) in [6.07, 6.45) is 3.58. The number of nitrogens with two attached hydrogens (primary N) is 1. The molecular weight excluding hydrogens is 493 g/mol. The topological polar surface area (TPSA) is 97.4 Å². The van der Waals surface area contributed by atoms with Crippen molar-refractivity contribution in [3.05, 3.63) is 88.9 Å². The van der Waals surface area contributed by atoms with Gasteiger partial charge >= 0.3 is 0 Å². The molecule has 1 aromatic heterocycles. The highest BCUT2D eigenvalue weighted by Crippen LogP contribution is 2.36. The number of benzene rings is 3. The first-order chi connectivity index (χ1) is 17.9. The molecule has 2 atom stereocenters. The summed E-state index contributed by atoms with van der Waals surface area (Å²) in [5.41, 5.74) is 10.2. The molecule has 0 saturated heterocycles. The number of carbonyl (C=O) groups is 2. The highest BCUT2D eigenvalue weighted by Gasteiger charge is 2.37. The molecule has 4 N–H and O–H groups in total. The zero-order valence-electron chi connectivity index (χ0n) is 20.1. The van der Waals surface area contributed by atoms with E-state index in [0.717, 1.165) is 34.1 Å². The van der Waals surface area contributed by atoms with Gasteiger partial charge in [-0.2, -0.15) is 0 Å². The van der Waals surface area contributed by atoms with Gasteiger partial charge in [0, 0.05) is 47.1 Å². The average Bonchev–Trinajstić information content (AvgIpc) is 3.59. The molecule has 3 aromatic carbocycles. The molecular formula is C29H27ClFN3O3. The molecule has 1 aliphatic rings. The lowest BCUT2D eigenvalue weighted by molar-refractivity contribution is -0.131. The fourth-order valence-corrected chi connectivity index (χ4v) is 5.25. The highest BCUT2D eigenvalue weighted by molar-refractivity contribution is 6.30. The van der Waals surface area contributed by atoms with Crippen LogP contribution in [0.3, 0.4) is 0 Å². The first-order valence-electron chi connectivity index (χ1n) is 12.3. The third-order valence-corrected chi connectivity index (χ3v) is 7.26. The molecule has 0 aliphatic heterocycles. The van der Waals surface area contributed by atoms with Gasteiger partial charge in [0.25, 0.3) is 0 Å². The maximum atomic E-state index is 14.2. The number of rotatable bonds is 7. The van der Waals surface area contributed by atoms with Gasteiger partial charge in [-0.3, -0.25) is 9.59 Å². The molecule has 1 saturated carbocycles. The van der Waals surface area contributed by atoms with Crippen LogP contribution in [0.1, 0.15) is 30.4 Å². The molecule has 37 heavy (non-hydrogen) atoms. The summed E-state index contributed by atoms with van der Waals surface area (Å²) in [5.74, 6) is -1.99. The van der Waals surface area contributed by atoms with E-state index >= 15 is 0 Å². The number of halogens is 2. The van der Waals surface area contributed by atoms with Gasteiger partial charge in [-0.25, -0.2) is 4.39 Å². The largest absolute Gasteiger partial charge is 0.464 e. The summed E-state index contributed by atoms with van der Waals surface area (Å²) >= 11 is 5.84. The molecule has 2 amide bonds. The number of hydrogen-bond donors (Lipinski definition) is 3. The van der Waals surface area contributed by atoms with Gasteiger partial charge in [0.2, 0.25) is 11.8 Å². The highest BCUT2D eigenvalue weighted by atomic mass is 35.5. The van der Waals surface area contributed by atoms with Gasteiger partial charge in [-0.1, -0.05) is 48.4 Å². The van der Waals surface area contributed by atoms with Crippen LogP contribution in [-0.4, -0.2) is 11.8 Å². The van der Waals surface area contributed by atoms with Crippen LogP contribution in [-0.2, 0) is 22.7 Å². The van der Waals surface area contributed by atoms with Crippen molar-refractivity contribution in [1.29, 1.82) is 0 Å². The van der Waals surface area contributed by atoms with E-state index in [-0.39, 0.29) is 23.4 Å². The minimum atomic E-state index is -0.548. The van der Waals surface area contributed by atoms with Crippen LogP contribution in [0.2, 0.25) is 5.02 Å². The van der Waals surface area contributed by atoms with E-state index in [2.05, 4.69) is 10.6 Å². The Bertz CT molecular complexity index is 1470. The lowest BCUT2D eigenvalue weighted by Gasteiger charge is -2.19. The molecule has 6 nitrogen and oxygen atoms in total. The summed E-state index contributed by atoms with van der Waals surface area (Å²) in [6.45, 7) is 0.430. The maximum Gasteiger partial charge on any atom is 0.228 e. The van der Waals surface area contributed by atoms with Crippen LogP contribution in [0.4, 0.5) is 10.1 Å². The maximum absolute atomic E-state index is 14.2. The predicted molar refractivity (Wildman–Crippen MR) is 142 cm³/mol. The van der Waals surface area contributed by atoms with Gasteiger partial charge in [-0.15, -0.1) is 0 Å². The number of fused-ring (bicyclic) bond motifs is 1. The first kappa shape index (κ1) is 25.0. The lowest BCUT2D eigenvalue weighted by atomic mass is 9.93. The van der Waals surface area contributed by atoms with E-state index in [1.807, 2.05) is 42.5 Å². The van der Waals surface area contributed by atoms with Crippen molar-refractivity contribution in [2.75, 3.05) is 5.32 Å². The number of nitrogens with one attached hydrogen (secondary N) is 2. The molecule has 4 aromatic rings. The fourth-order valence-electron chi connectivity index (χ4n) is 5.06. The van der Waals surface area contributed by atoms with Crippen molar-refractivity contribution in [2.45, 2.75) is 32.4 Å². The van der Waals surface area contributed by atoms with E-state index in [4.69, 9.17) is 21.8 Å². The van der Waals surface area contributed by atoms with Crippen molar-refractivity contribution in [3.63, 3.8) is 0 Å². The minimum Gasteiger partial charge on any atom is -0.464 e. The lowest BCUT2D eigenvalue weighted by Crippen LogP contribution is -2.37. The molecule has 0 bridgehead atoms. The molecule has 0 spiro atoms. The standard InChI is InChI=1S/C29H27ClFN3O3/c30-25-9-2-6-20(26(25)31)16-33-28(35)22-7-3-8-23(22)29(36)34-21-13-19-10-11-37-27(19)24(14-21)18-5-1-4-17(12-18)15-32/h1-2,4-6,9-14,22-23H,3,7-8,15-16,32H2,(H,33,35)(H,34,36)/t22-,23-/m1/s1. The van der Waals surface area contributed by atoms with Gasteiger partial charge in [0.05, 0.1) is 11.3 Å². The smallest absolute Gasteiger partial charge is 0.228 e. The van der Waals surface area contributed by atoms with Crippen molar-refractivity contribution < 1.29 is 18.4 Å². The van der Waals surface area contributed by atoms with Crippen LogP contribution < -0.4 is 16.4 Å². The Morgan fingerprint density at radius 3 is 2.62 bits per heavy atom. The Labute approximate surface area is 219 Å². The van der Waals surface area contributed by atoms with Crippen molar-refractivity contribution in [3.8, 4) is 11.1 Å². The van der Waals surface area contributed by atoms with E-state index in [9.17, 15) is 14.0 Å². The van der Waals surface area contributed by atoms with Crippen LogP contribution in [0.5, 0.6) is 0 Å². The van der Waals surface area contributed by atoms with Crippen molar-refractivity contribution >= 4 is 40.1 Å². The zero-order chi connectivity index (χ0) is 25.9. The second-order valence-electron chi connectivity index (χ2n) is 9.33. The van der Waals surface area contributed by atoms with Crippen molar-refractivity contribution in [1.82, 2.24) is 5.32 Å². The second-order valence-corrected chi connectivity index (χ2v) is 9.74. The summed E-state index contributed by atoms with van der Waals surface area (Å²) in [5, 5.41) is 6.66. The third kappa shape index (κ3) is 5.24. The number of furan rings is 1. The van der Waals surface area contributed by atoms with Crippen LogP contribution in [0.25, 0.3) is 22.1 Å². The van der Waals surface area contributed by atoms with Crippen LogP contribution in [0.15, 0.2) is 71.3 Å². The SMILES string of the molecule is NCc1cccc(-c2cc(NC(=O)[C@@H]3CCC[C@H]3C(=O)NCc3cccc(Cl)c3F)cc3ccoc23)c1. The minimum absolute atomic E-state index is 0.00795. The van der Waals surface area contributed by atoms with E-state index in [1.165, 1.54) is 6.07 Å². The Kier molecular flexibility index (Phi) is 7.26. The first-order valence-corrected chi connectivity index (χ1v) is 12.6. The molecule has 1 aliphatic carbocycles. The molecule has 1 heterocycles. The van der Waals surface area contributed by atoms with E-state index in [0.29, 0.717) is 30.6 Å². The van der Waals surface area contributed by atoms with Gasteiger partial charge in [0.15, 0.2) is 0 Å². The Morgan fingerprint density at radius 1 is 1.03 bits per heavy atom. The Morgan fingerprint density at radius 2 is 1.81 bits per heavy atom.